The van der Waals surface area contributed by atoms with Gasteiger partial charge in [0.1, 0.15) is 25.5 Å². The number of Topliss-reactive ketones (excluding diaryl/α,β-unsaturated/α-hetero) is 1. The number of nitrogens with zero attached hydrogens (tertiary/aromatic N) is 1. The molecule has 0 aromatic heterocycles. The summed E-state index contributed by atoms with van der Waals surface area (Å²) in [7, 11) is 1.54. The van der Waals surface area contributed by atoms with E-state index in [-0.39, 0.29) is 56.3 Å². The summed E-state index contributed by atoms with van der Waals surface area (Å²) in [5.41, 5.74) is 0. The molecule has 0 saturated heterocycles. The quantitative estimate of drug-likeness (QED) is 0.0138. The molecule has 0 aliphatic heterocycles. The Morgan fingerprint density at radius 2 is 1.43 bits per heavy atom. The van der Waals surface area contributed by atoms with Crippen molar-refractivity contribution >= 4 is 19.6 Å². The number of carbonyl (C=O) groups is 2. The molecule has 328 valence electrons. The minimum atomic E-state index is -4.32. The Labute approximate surface area is 341 Å². The first-order valence-corrected chi connectivity index (χ1v) is 23.7. The van der Waals surface area contributed by atoms with Crippen LogP contribution in [0.15, 0.2) is 24.5 Å². The number of likely N-dealkylation sites (N-methyl/N-ethyl adjacent to an activating group) is 1. The minimum Gasteiger partial charge on any atom is -0.492 e. The van der Waals surface area contributed by atoms with Crippen molar-refractivity contribution in [2.45, 2.75) is 186 Å². The van der Waals surface area contributed by atoms with Crippen molar-refractivity contribution < 1.29 is 52.3 Å². The minimum absolute atomic E-state index is 0.0522. The molecule has 1 unspecified atom stereocenters. The topological polar surface area (TPSA) is 149 Å². The maximum atomic E-state index is 12.6. The number of ketones is 1. The number of hydrogen-bond acceptors (Lipinski definition) is 9. The van der Waals surface area contributed by atoms with E-state index in [1.165, 1.54) is 64.2 Å². The normalized spacial score (nSPS) is 19.9. The van der Waals surface area contributed by atoms with E-state index in [1.807, 2.05) is 33.3 Å². The molecule has 3 N–H and O–H groups in total. The molecule has 1 aliphatic rings. The largest absolute Gasteiger partial charge is 0.492 e. The van der Waals surface area contributed by atoms with Gasteiger partial charge in [0.15, 0.2) is 6.10 Å². The number of esters is 1. The van der Waals surface area contributed by atoms with Crippen LogP contribution in [0.4, 0.5) is 0 Å². The van der Waals surface area contributed by atoms with E-state index >= 15 is 0 Å². The second-order valence-corrected chi connectivity index (χ2v) is 18.4. The Hall–Kier alpha value is -1.59. The first kappa shape index (κ1) is 52.4. The van der Waals surface area contributed by atoms with Gasteiger partial charge in [-0.15, -0.1) is 0 Å². The summed E-state index contributed by atoms with van der Waals surface area (Å²) in [5.74, 6) is -0.827. The van der Waals surface area contributed by atoms with Crippen LogP contribution in [0.1, 0.15) is 168 Å². The Bertz CT molecular complexity index is 1110. The molecule has 0 spiro atoms. The van der Waals surface area contributed by atoms with Crippen molar-refractivity contribution in [3.8, 4) is 0 Å². The van der Waals surface area contributed by atoms with Crippen LogP contribution in [-0.2, 0) is 32.7 Å². The second kappa shape index (κ2) is 32.3. The number of carbonyl (C=O) groups excluding carboxylic acids is 2. The van der Waals surface area contributed by atoms with Crippen LogP contribution in [0, 0.1) is 11.8 Å². The van der Waals surface area contributed by atoms with E-state index in [0.717, 1.165) is 57.8 Å². The van der Waals surface area contributed by atoms with Crippen LogP contribution >= 0.6 is 7.82 Å². The van der Waals surface area contributed by atoms with E-state index in [4.69, 9.17) is 18.5 Å². The van der Waals surface area contributed by atoms with E-state index in [2.05, 4.69) is 13.8 Å². The molecule has 6 atom stereocenters. The molecule has 11 nitrogen and oxygen atoms in total. The molecular weight excluding hydrogens is 733 g/mol. The summed E-state index contributed by atoms with van der Waals surface area (Å²) in [6.45, 7) is 4.54. The van der Waals surface area contributed by atoms with Gasteiger partial charge < -0.3 is 29.1 Å². The third kappa shape index (κ3) is 28.8. The van der Waals surface area contributed by atoms with Crippen molar-refractivity contribution in [3.05, 3.63) is 24.5 Å². The summed E-state index contributed by atoms with van der Waals surface area (Å²) in [6.07, 6.45) is 29.2. The number of unbranched alkanes of at least 4 members (excludes halogenated alkanes) is 17. The molecule has 12 heteroatoms. The van der Waals surface area contributed by atoms with Crippen LogP contribution in [0.3, 0.4) is 0 Å². The van der Waals surface area contributed by atoms with Gasteiger partial charge in [0.2, 0.25) is 0 Å². The maximum Gasteiger partial charge on any atom is 0.472 e. The predicted molar refractivity (Wildman–Crippen MR) is 225 cm³/mol. The van der Waals surface area contributed by atoms with Crippen LogP contribution in [-0.4, -0.2) is 97.2 Å². The van der Waals surface area contributed by atoms with E-state index in [9.17, 15) is 29.3 Å². The number of hydrogen-bond donors (Lipinski definition) is 3. The molecule has 0 aromatic rings. The molecule has 1 saturated carbocycles. The molecule has 0 aromatic carbocycles. The van der Waals surface area contributed by atoms with Crippen molar-refractivity contribution in [3.63, 3.8) is 0 Å². The summed E-state index contributed by atoms with van der Waals surface area (Å²) >= 11 is 0. The van der Waals surface area contributed by atoms with Crippen LogP contribution in [0.2, 0.25) is 0 Å². The van der Waals surface area contributed by atoms with E-state index in [0.29, 0.717) is 30.3 Å². The predicted octanol–water partition coefficient (Wildman–Crippen LogP) is 9.76. The molecule has 0 heterocycles. The van der Waals surface area contributed by atoms with Gasteiger partial charge in [0.25, 0.3) is 0 Å². The Morgan fingerprint density at radius 3 is 2.07 bits per heavy atom. The number of allylic oxidation sites excluding steroid dienone is 1. The zero-order chi connectivity index (χ0) is 41.5. The Balaban J connectivity index is 2.44. The monoisotopic (exact) mass is 817 g/mol. The lowest BCUT2D eigenvalue weighted by atomic mass is 9.88. The van der Waals surface area contributed by atoms with Gasteiger partial charge in [-0.05, 0) is 38.2 Å². The van der Waals surface area contributed by atoms with Gasteiger partial charge in [-0.3, -0.25) is 18.6 Å². The molecule has 56 heavy (non-hydrogen) atoms. The van der Waals surface area contributed by atoms with Crippen LogP contribution < -0.4 is 0 Å². The second-order valence-electron chi connectivity index (χ2n) is 16.9. The summed E-state index contributed by atoms with van der Waals surface area (Å²) in [4.78, 5) is 35.4. The maximum absolute atomic E-state index is 12.6. The van der Waals surface area contributed by atoms with Gasteiger partial charge in [-0.2, -0.15) is 0 Å². The van der Waals surface area contributed by atoms with Gasteiger partial charge >= 0.3 is 13.8 Å². The molecule has 1 aliphatic carbocycles. The lowest BCUT2D eigenvalue weighted by molar-refractivity contribution is -0.870. The number of rotatable bonds is 37. The standard InChI is InChI=1S/C44H82NO10P/c1-6-8-10-11-12-13-14-15-16-17-18-19-22-26-33-52-39(37-55-56(50,51)54-34-32-45(3,4)5)36-53-44(49)29-25-21-20-24-28-40-41(43(48)35-42(40)47)31-30-38(46)27-23-9-7-2/h26,30-31,33,38-41,43,46,48H,6-25,27-29,32,34-37H2,1-5H3/p+1/b31-30+,33-26+/t38-,39+,40+,41+,43+/m0/s1. The highest BCUT2D eigenvalue weighted by Gasteiger charge is 2.39. The van der Waals surface area contributed by atoms with Gasteiger partial charge in [0, 0.05) is 24.7 Å². The molecule has 0 radical (unpaired) electrons. The zero-order valence-corrected chi connectivity index (χ0v) is 37.0. The van der Waals surface area contributed by atoms with Gasteiger partial charge in [0.05, 0.1) is 46.2 Å². The molecule has 1 rings (SSSR count). The molecule has 0 bridgehead atoms. The number of ether oxygens (including phenoxy) is 2. The average molecular weight is 817 g/mol. The number of quaternary nitrogens is 1. The average Bonchev–Trinajstić information content (AvgIpc) is 3.41. The molecular formula is C44H83NO10P+. The SMILES string of the molecule is CCCCCCCCCCCCCC/C=C/O[C@H](COC(=O)CCCCCC[C@H]1C(=O)C[C@@H](O)[C@@H]1/C=C/[C@@H](O)CCCCC)COP(=O)(O)OCC[N+](C)(C)C. The number of aliphatic hydroxyl groups is 2. The van der Waals surface area contributed by atoms with E-state index < -0.39 is 26.1 Å². The number of phosphoric acid groups is 1. The number of aliphatic hydroxyl groups excluding tert-OH is 2. The highest BCUT2D eigenvalue weighted by Crippen LogP contribution is 2.43. The fourth-order valence-corrected chi connectivity index (χ4v) is 7.64. The zero-order valence-electron chi connectivity index (χ0n) is 36.1. The fourth-order valence-electron chi connectivity index (χ4n) is 6.90. The van der Waals surface area contributed by atoms with Crippen LogP contribution in [0.25, 0.3) is 0 Å². The first-order chi connectivity index (χ1) is 26.8. The highest BCUT2D eigenvalue weighted by molar-refractivity contribution is 7.47. The Morgan fingerprint density at radius 1 is 0.839 bits per heavy atom. The fraction of sp³-hybridized carbons (Fsp3) is 0.864. The highest BCUT2D eigenvalue weighted by atomic mass is 31.2. The van der Waals surface area contributed by atoms with Crippen molar-refractivity contribution in [1.82, 2.24) is 0 Å². The van der Waals surface area contributed by atoms with Gasteiger partial charge in [-0.1, -0.05) is 135 Å². The third-order valence-corrected chi connectivity index (χ3v) is 11.5. The van der Waals surface area contributed by atoms with Crippen molar-refractivity contribution in [1.29, 1.82) is 0 Å². The molecule has 0 amide bonds. The molecule has 1 fully saturated rings. The Kier molecular flexibility index (Phi) is 30.2. The summed E-state index contributed by atoms with van der Waals surface area (Å²) in [5, 5.41) is 20.7. The third-order valence-electron chi connectivity index (χ3n) is 10.5. The first-order valence-electron chi connectivity index (χ1n) is 22.2. The van der Waals surface area contributed by atoms with Crippen LogP contribution in [0.5, 0.6) is 0 Å². The summed E-state index contributed by atoms with van der Waals surface area (Å²) in [6, 6.07) is 0. The van der Waals surface area contributed by atoms with Crippen molar-refractivity contribution in [2.24, 2.45) is 11.8 Å². The summed E-state index contributed by atoms with van der Waals surface area (Å²) < 4.78 is 34.7. The number of phosphoric ester groups is 1. The van der Waals surface area contributed by atoms with E-state index in [1.54, 1.807) is 12.3 Å². The lowest BCUT2D eigenvalue weighted by Gasteiger charge is -2.24. The smallest absolute Gasteiger partial charge is 0.472 e. The van der Waals surface area contributed by atoms with Gasteiger partial charge in [-0.25, -0.2) is 4.57 Å². The lowest BCUT2D eigenvalue weighted by Crippen LogP contribution is -2.37. The van der Waals surface area contributed by atoms with Crippen molar-refractivity contribution in [2.75, 3.05) is 47.5 Å².